The second kappa shape index (κ2) is 7.97. The number of nitrogens with one attached hydrogen (secondary N) is 1. The first-order valence-electron chi connectivity index (χ1n) is 6.04. The van der Waals surface area contributed by atoms with E-state index in [1.165, 1.54) is 4.90 Å². The normalized spacial score (nSPS) is 10.2. The Labute approximate surface area is 127 Å². The zero-order chi connectivity index (χ0) is 15.1. The van der Waals surface area contributed by atoms with Gasteiger partial charge in [-0.2, -0.15) is 0 Å². The molecule has 2 N–H and O–H groups in total. The summed E-state index contributed by atoms with van der Waals surface area (Å²) < 4.78 is 0. The molecule has 0 unspecified atom stereocenters. The van der Waals surface area contributed by atoms with Crippen molar-refractivity contribution in [2.24, 2.45) is 0 Å². The summed E-state index contributed by atoms with van der Waals surface area (Å²) in [4.78, 5) is 23.4. The minimum Gasteiger partial charge on any atom is -0.481 e. The highest BCUT2D eigenvalue weighted by molar-refractivity contribution is 6.34. The number of carboxylic acid groups (broad SMARTS) is 1. The summed E-state index contributed by atoms with van der Waals surface area (Å²) in [7, 11) is 1.55. The lowest BCUT2D eigenvalue weighted by atomic mass is 10.1. The average Bonchev–Trinajstić information content (AvgIpc) is 2.34. The Kier molecular flexibility index (Phi) is 6.61. The van der Waals surface area contributed by atoms with Gasteiger partial charge >= 0.3 is 12.0 Å². The molecule has 1 aromatic carbocycles. The smallest absolute Gasteiger partial charge is 0.317 e. The number of amides is 2. The summed E-state index contributed by atoms with van der Waals surface area (Å²) in [5.41, 5.74) is 0.927. The van der Waals surface area contributed by atoms with Gasteiger partial charge in [0.05, 0.1) is 6.42 Å². The molecule has 0 aromatic heterocycles. The van der Waals surface area contributed by atoms with Gasteiger partial charge in [0, 0.05) is 30.2 Å². The van der Waals surface area contributed by atoms with Crippen molar-refractivity contribution in [1.82, 2.24) is 10.2 Å². The number of halogens is 2. The monoisotopic (exact) mass is 318 g/mol. The Morgan fingerprint density at radius 3 is 2.40 bits per heavy atom. The first-order chi connectivity index (χ1) is 9.38. The van der Waals surface area contributed by atoms with E-state index < -0.39 is 5.97 Å². The van der Waals surface area contributed by atoms with Crippen molar-refractivity contribution in [1.29, 1.82) is 0 Å². The number of benzene rings is 1. The maximum absolute atomic E-state index is 11.6. The fraction of sp³-hybridized carbons (Fsp3) is 0.385. The number of aliphatic carboxylic acids is 1. The van der Waals surface area contributed by atoms with Gasteiger partial charge in [0.2, 0.25) is 0 Å². The van der Waals surface area contributed by atoms with Crippen molar-refractivity contribution in [2.75, 3.05) is 20.1 Å². The molecule has 0 saturated heterocycles. The molecule has 0 aliphatic rings. The second-order valence-electron chi connectivity index (χ2n) is 4.32. The SMILES string of the molecule is CN(CCC(=O)O)C(=O)NCCc1cc(Cl)cc(Cl)c1. The van der Waals surface area contributed by atoms with Gasteiger partial charge in [0.15, 0.2) is 0 Å². The first-order valence-corrected chi connectivity index (χ1v) is 6.80. The molecule has 0 heterocycles. The summed E-state index contributed by atoms with van der Waals surface area (Å²) in [5.74, 6) is -0.932. The molecule has 5 nitrogen and oxygen atoms in total. The molecule has 0 bridgehead atoms. The Morgan fingerprint density at radius 2 is 1.85 bits per heavy atom. The molecular weight excluding hydrogens is 303 g/mol. The van der Waals surface area contributed by atoms with Crippen molar-refractivity contribution in [3.63, 3.8) is 0 Å². The molecule has 0 aliphatic heterocycles. The predicted molar refractivity (Wildman–Crippen MR) is 78.4 cm³/mol. The molecule has 110 valence electrons. The summed E-state index contributed by atoms with van der Waals surface area (Å²) in [6, 6.07) is 4.91. The fourth-order valence-corrected chi connectivity index (χ4v) is 2.14. The van der Waals surface area contributed by atoms with Gasteiger partial charge in [-0.3, -0.25) is 4.79 Å². The van der Waals surface area contributed by atoms with Gasteiger partial charge in [0.25, 0.3) is 0 Å². The lowest BCUT2D eigenvalue weighted by Crippen LogP contribution is -2.39. The molecule has 20 heavy (non-hydrogen) atoms. The van der Waals surface area contributed by atoms with E-state index in [1.807, 2.05) is 0 Å². The summed E-state index contributed by atoms with van der Waals surface area (Å²) in [5, 5.41) is 12.3. The molecule has 0 saturated carbocycles. The maximum atomic E-state index is 11.6. The van der Waals surface area contributed by atoms with E-state index >= 15 is 0 Å². The summed E-state index contributed by atoms with van der Waals surface area (Å²) >= 11 is 11.8. The van der Waals surface area contributed by atoms with E-state index in [2.05, 4.69) is 5.32 Å². The third kappa shape index (κ3) is 6.12. The maximum Gasteiger partial charge on any atom is 0.317 e. The number of carboxylic acids is 1. The number of carbonyl (C=O) groups is 2. The van der Waals surface area contributed by atoms with Crippen LogP contribution >= 0.6 is 23.2 Å². The van der Waals surface area contributed by atoms with Crippen molar-refractivity contribution in [2.45, 2.75) is 12.8 Å². The van der Waals surface area contributed by atoms with Crippen LogP contribution in [-0.4, -0.2) is 42.1 Å². The molecule has 1 aromatic rings. The number of hydrogen-bond acceptors (Lipinski definition) is 2. The fourth-order valence-electron chi connectivity index (χ4n) is 1.57. The Balaban J connectivity index is 2.36. The van der Waals surface area contributed by atoms with Crippen LogP contribution in [0, 0.1) is 0 Å². The van der Waals surface area contributed by atoms with Gasteiger partial charge in [-0.05, 0) is 30.2 Å². The van der Waals surface area contributed by atoms with E-state index in [0.717, 1.165) is 5.56 Å². The molecule has 0 atom stereocenters. The van der Waals surface area contributed by atoms with Crippen molar-refractivity contribution in [3.05, 3.63) is 33.8 Å². The highest BCUT2D eigenvalue weighted by Gasteiger charge is 2.09. The zero-order valence-electron chi connectivity index (χ0n) is 11.0. The van der Waals surface area contributed by atoms with E-state index in [0.29, 0.717) is 23.0 Å². The highest BCUT2D eigenvalue weighted by Crippen LogP contribution is 2.19. The number of carbonyl (C=O) groups excluding carboxylic acids is 1. The third-order valence-electron chi connectivity index (χ3n) is 2.62. The quantitative estimate of drug-likeness (QED) is 0.847. The highest BCUT2D eigenvalue weighted by atomic mass is 35.5. The topological polar surface area (TPSA) is 69.6 Å². The van der Waals surface area contributed by atoms with Crippen LogP contribution in [0.3, 0.4) is 0 Å². The minimum absolute atomic E-state index is 0.0756. The van der Waals surface area contributed by atoms with Crippen molar-refractivity contribution in [3.8, 4) is 0 Å². The molecule has 1 rings (SSSR count). The zero-order valence-corrected chi connectivity index (χ0v) is 12.5. The van der Waals surface area contributed by atoms with Crippen LogP contribution in [0.1, 0.15) is 12.0 Å². The van der Waals surface area contributed by atoms with Crippen molar-refractivity contribution < 1.29 is 14.7 Å². The molecule has 0 aliphatic carbocycles. The van der Waals surface area contributed by atoms with Crippen LogP contribution in [-0.2, 0) is 11.2 Å². The van der Waals surface area contributed by atoms with Crippen molar-refractivity contribution >= 4 is 35.2 Å². The van der Waals surface area contributed by atoms with Gasteiger partial charge in [-0.25, -0.2) is 4.79 Å². The standard InChI is InChI=1S/C13H16Cl2N2O3/c1-17(5-3-12(18)19)13(20)16-4-2-9-6-10(14)8-11(15)7-9/h6-8H,2-5H2,1H3,(H,16,20)(H,18,19). The number of nitrogens with zero attached hydrogens (tertiary/aromatic N) is 1. The minimum atomic E-state index is -0.932. The molecule has 0 radical (unpaired) electrons. The van der Waals surface area contributed by atoms with Gasteiger partial charge in [0.1, 0.15) is 0 Å². The number of rotatable bonds is 6. The molecule has 2 amide bonds. The summed E-state index contributed by atoms with van der Waals surface area (Å²) in [6.07, 6.45) is 0.520. The van der Waals surface area contributed by atoms with E-state index in [4.69, 9.17) is 28.3 Å². The van der Waals surface area contributed by atoms with Crippen LogP contribution in [0.4, 0.5) is 4.79 Å². The average molecular weight is 319 g/mol. The van der Waals surface area contributed by atoms with Crippen LogP contribution in [0.2, 0.25) is 10.0 Å². The lowest BCUT2D eigenvalue weighted by molar-refractivity contribution is -0.137. The Bertz CT molecular complexity index is 474. The molecule has 0 spiro atoms. The van der Waals surface area contributed by atoms with E-state index in [1.54, 1.807) is 25.2 Å². The largest absolute Gasteiger partial charge is 0.481 e. The predicted octanol–water partition coefficient (Wildman–Crippen LogP) is 2.65. The summed E-state index contributed by atoms with van der Waals surface area (Å²) in [6.45, 7) is 0.594. The van der Waals surface area contributed by atoms with Crippen LogP contribution < -0.4 is 5.32 Å². The Hall–Kier alpha value is -1.46. The Morgan fingerprint density at radius 1 is 1.25 bits per heavy atom. The number of urea groups is 1. The molecule has 0 fully saturated rings. The third-order valence-corrected chi connectivity index (χ3v) is 3.06. The van der Waals surface area contributed by atoms with Gasteiger partial charge in [-0.1, -0.05) is 23.2 Å². The van der Waals surface area contributed by atoms with Gasteiger partial charge in [-0.15, -0.1) is 0 Å². The van der Waals surface area contributed by atoms with Crippen LogP contribution in [0.15, 0.2) is 18.2 Å². The van der Waals surface area contributed by atoms with E-state index in [9.17, 15) is 9.59 Å². The number of hydrogen-bond donors (Lipinski definition) is 2. The lowest BCUT2D eigenvalue weighted by Gasteiger charge is -2.16. The second-order valence-corrected chi connectivity index (χ2v) is 5.20. The first kappa shape index (κ1) is 16.6. The molecular formula is C13H16Cl2N2O3. The van der Waals surface area contributed by atoms with Crippen LogP contribution in [0.25, 0.3) is 0 Å². The van der Waals surface area contributed by atoms with Crippen LogP contribution in [0.5, 0.6) is 0 Å². The van der Waals surface area contributed by atoms with E-state index in [-0.39, 0.29) is 19.0 Å². The molecule has 7 heteroatoms. The van der Waals surface area contributed by atoms with Gasteiger partial charge < -0.3 is 15.3 Å².